The molecule has 1 aliphatic heterocycles. The summed E-state index contributed by atoms with van der Waals surface area (Å²) in [4.78, 5) is 3.66. The van der Waals surface area contributed by atoms with E-state index in [1.807, 2.05) is 0 Å². The Kier molecular flexibility index (Phi) is 5.22. The summed E-state index contributed by atoms with van der Waals surface area (Å²) in [5, 5.41) is 4.97. The number of aromatic nitrogens is 1. The van der Waals surface area contributed by atoms with Gasteiger partial charge < -0.3 is 15.0 Å². The Morgan fingerprint density at radius 2 is 1.78 bits per heavy atom. The van der Waals surface area contributed by atoms with Crippen molar-refractivity contribution in [3.63, 3.8) is 0 Å². The van der Waals surface area contributed by atoms with Gasteiger partial charge in [-0.3, -0.25) is 0 Å². The van der Waals surface area contributed by atoms with Gasteiger partial charge in [-0.15, -0.1) is 0 Å². The highest BCUT2D eigenvalue weighted by molar-refractivity contribution is 5.88. The molecule has 2 aromatic carbocycles. The molecule has 0 unspecified atom stereocenters. The second-order valence-electron chi connectivity index (χ2n) is 7.85. The summed E-state index contributed by atoms with van der Waals surface area (Å²) >= 11 is 0. The predicted molar refractivity (Wildman–Crippen MR) is 113 cm³/mol. The summed E-state index contributed by atoms with van der Waals surface area (Å²) in [7, 11) is 0. The first-order chi connectivity index (χ1) is 13.1. The van der Waals surface area contributed by atoms with Gasteiger partial charge in [0.1, 0.15) is 5.75 Å². The fraction of sp³-hybridized carbons (Fsp3) is 0.417. The number of fused-ring (bicyclic) bond motifs is 3. The van der Waals surface area contributed by atoms with E-state index in [1.54, 1.807) is 0 Å². The molecule has 1 aliphatic rings. The Bertz CT molecular complexity index is 931. The van der Waals surface area contributed by atoms with Crippen LogP contribution in [0.3, 0.4) is 0 Å². The number of hydrogen-bond acceptors (Lipinski definition) is 2. The molecule has 0 atom stereocenters. The second kappa shape index (κ2) is 7.77. The standard InChI is InChI=1S/C24H30N2O/c1-16-14-17(2)24(18(3)15-16)27-13-5-7-19-6-4-8-22-23(19)20-9-11-25-12-10-21(20)26-22/h4,6,8,14-15,25-26H,5,7,9-13H2,1-3H3. The van der Waals surface area contributed by atoms with Gasteiger partial charge in [0, 0.05) is 29.6 Å². The number of ether oxygens (including phenoxy) is 1. The van der Waals surface area contributed by atoms with Crippen molar-refractivity contribution in [2.24, 2.45) is 0 Å². The van der Waals surface area contributed by atoms with Crippen molar-refractivity contribution >= 4 is 10.9 Å². The van der Waals surface area contributed by atoms with Gasteiger partial charge in [-0.25, -0.2) is 0 Å². The van der Waals surface area contributed by atoms with Crippen molar-refractivity contribution in [3.8, 4) is 5.75 Å². The number of rotatable bonds is 5. The molecule has 3 nitrogen and oxygen atoms in total. The quantitative estimate of drug-likeness (QED) is 0.640. The molecule has 2 N–H and O–H groups in total. The molecule has 0 radical (unpaired) electrons. The van der Waals surface area contributed by atoms with E-state index in [4.69, 9.17) is 4.74 Å². The Hall–Kier alpha value is -2.26. The molecule has 4 rings (SSSR count). The van der Waals surface area contributed by atoms with E-state index in [9.17, 15) is 0 Å². The van der Waals surface area contributed by atoms with Gasteiger partial charge in [0.25, 0.3) is 0 Å². The molecule has 0 fully saturated rings. The first kappa shape index (κ1) is 18.1. The summed E-state index contributed by atoms with van der Waals surface area (Å²) in [6.45, 7) is 9.31. The Morgan fingerprint density at radius 1 is 1.00 bits per heavy atom. The lowest BCUT2D eigenvalue weighted by molar-refractivity contribution is 0.307. The van der Waals surface area contributed by atoms with Crippen LogP contribution in [0.5, 0.6) is 5.75 Å². The van der Waals surface area contributed by atoms with Crippen LogP contribution in [-0.4, -0.2) is 24.7 Å². The average molecular weight is 363 g/mol. The molecule has 142 valence electrons. The zero-order chi connectivity index (χ0) is 18.8. The first-order valence-corrected chi connectivity index (χ1v) is 10.2. The van der Waals surface area contributed by atoms with Crippen molar-refractivity contribution in [2.75, 3.05) is 19.7 Å². The smallest absolute Gasteiger partial charge is 0.125 e. The van der Waals surface area contributed by atoms with E-state index in [0.29, 0.717) is 0 Å². The normalized spacial score (nSPS) is 14.2. The number of hydrogen-bond donors (Lipinski definition) is 2. The van der Waals surface area contributed by atoms with E-state index < -0.39 is 0 Å². The molecule has 0 aliphatic carbocycles. The average Bonchev–Trinajstić information content (AvgIpc) is 2.82. The fourth-order valence-electron chi connectivity index (χ4n) is 4.53. The highest BCUT2D eigenvalue weighted by Gasteiger charge is 2.16. The van der Waals surface area contributed by atoms with Gasteiger partial charge in [-0.1, -0.05) is 29.8 Å². The van der Waals surface area contributed by atoms with Gasteiger partial charge in [0.05, 0.1) is 6.61 Å². The molecule has 0 saturated carbocycles. The molecule has 2 heterocycles. The minimum absolute atomic E-state index is 0.759. The molecule has 27 heavy (non-hydrogen) atoms. The maximum absolute atomic E-state index is 6.15. The highest BCUT2D eigenvalue weighted by atomic mass is 16.5. The van der Waals surface area contributed by atoms with E-state index in [2.05, 4.69) is 61.4 Å². The topological polar surface area (TPSA) is 37.0 Å². The lowest BCUT2D eigenvalue weighted by atomic mass is 9.99. The molecule has 0 saturated heterocycles. The lowest BCUT2D eigenvalue weighted by Crippen LogP contribution is -2.16. The fourth-order valence-corrected chi connectivity index (χ4v) is 4.53. The van der Waals surface area contributed by atoms with Gasteiger partial charge in [-0.05, 0) is 74.9 Å². The largest absolute Gasteiger partial charge is 0.493 e. The Labute approximate surface area is 162 Å². The van der Waals surface area contributed by atoms with Gasteiger partial charge in [0.15, 0.2) is 0 Å². The second-order valence-corrected chi connectivity index (χ2v) is 7.85. The van der Waals surface area contributed by atoms with Crippen LogP contribution in [0.4, 0.5) is 0 Å². The van der Waals surface area contributed by atoms with Crippen molar-refractivity contribution in [2.45, 2.75) is 46.5 Å². The molecule has 3 aromatic rings. The van der Waals surface area contributed by atoms with Crippen molar-refractivity contribution < 1.29 is 4.74 Å². The Morgan fingerprint density at radius 3 is 2.59 bits per heavy atom. The SMILES string of the molecule is Cc1cc(C)c(OCCCc2cccc3[nH]c4c(c23)CCNCC4)c(C)c1. The summed E-state index contributed by atoms with van der Waals surface area (Å²) in [6, 6.07) is 11.1. The third-order valence-corrected chi connectivity index (χ3v) is 5.65. The summed E-state index contributed by atoms with van der Waals surface area (Å²) in [5.74, 6) is 1.06. The number of benzene rings is 2. The molecule has 1 aromatic heterocycles. The number of H-pyrrole nitrogens is 1. The highest BCUT2D eigenvalue weighted by Crippen LogP contribution is 2.29. The van der Waals surface area contributed by atoms with E-state index >= 15 is 0 Å². The van der Waals surface area contributed by atoms with E-state index in [1.165, 1.54) is 44.4 Å². The van der Waals surface area contributed by atoms with Gasteiger partial charge >= 0.3 is 0 Å². The zero-order valence-corrected chi connectivity index (χ0v) is 16.7. The van der Waals surface area contributed by atoms with Crippen molar-refractivity contribution in [1.82, 2.24) is 10.3 Å². The van der Waals surface area contributed by atoms with Crippen LogP contribution in [0, 0.1) is 20.8 Å². The van der Waals surface area contributed by atoms with Crippen LogP contribution >= 0.6 is 0 Å². The lowest BCUT2D eigenvalue weighted by Gasteiger charge is -2.13. The van der Waals surface area contributed by atoms with Crippen LogP contribution < -0.4 is 10.1 Å². The number of aryl methyl sites for hydroxylation is 4. The molecule has 0 bridgehead atoms. The first-order valence-electron chi connectivity index (χ1n) is 10.2. The molecule has 3 heteroatoms. The summed E-state index contributed by atoms with van der Waals surface area (Å²) < 4.78 is 6.15. The minimum atomic E-state index is 0.759. The maximum atomic E-state index is 6.15. The van der Waals surface area contributed by atoms with Crippen molar-refractivity contribution in [3.05, 3.63) is 63.8 Å². The zero-order valence-electron chi connectivity index (χ0n) is 16.7. The van der Waals surface area contributed by atoms with Gasteiger partial charge in [0.2, 0.25) is 0 Å². The van der Waals surface area contributed by atoms with E-state index in [-0.39, 0.29) is 0 Å². The predicted octanol–water partition coefficient (Wildman–Crippen LogP) is 4.79. The van der Waals surface area contributed by atoms with Crippen LogP contribution in [0.2, 0.25) is 0 Å². The Balaban J connectivity index is 1.47. The van der Waals surface area contributed by atoms with Gasteiger partial charge in [-0.2, -0.15) is 0 Å². The molecular weight excluding hydrogens is 332 g/mol. The van der Waals surface area contributed by atoms with Crippen LogP contribution in [0.25, 0.3) is 10.9 Å². The summed E-state index contributed by atoms with van der Waals surface area (Å²) in [5.41, 5.74) is 9.46. The maximum Gasteiger partial charge on any atom is 0.125 e. The van der Waals surface area contributed by atoms with Crippen LogP contribution in [-0.2, 0) is 19.3 Å². The molecule has 0 spiro atoms. The van der Waals surface area contributed by atoms with E-state index in [0.717, 1.165) is 51.1 Å². The van der Waals surface area contributed by atoms with Crippen LogP contribution in [0.1, 0.15) is 39.9 Å². The third-order valence-electron chi connectivity index (χ3n) is 5.65. The number of nitrogens with one attached hydrogen (secondary N) is 2. The van der Waals surface area contributed by atoms with Crippen LogP contribution in [0.15, 0.2) is 30.3 Å². The monoisotopic (exact) mass is 362 g/mol. The molecule has 0 amide bonds. The third kappa shape index (κ3) is 3.74. The molecular formula is C24H30N2O. The summed E-state index contributed by atoms with van der Waals surface area (Å²) in [6.07, 6.45) is 4.30. The minimum Gasteiger partial charge on any atom is -0.493 e. The number of aromatic amines is 1. The van der Waals surface area contributed by atoms with Crippen molar-refractivity contribution in [1.29, 1.82) is 0 Å².